The van der Waals surface area contributed by atoms with Crippen molar-refractivity contribution < 1.29 is 89.7 Å². The van der Waals surface area contributed by atoms with Gasteiger partial charge in [-0.3, -0.25) is 0 Å². The van der Waals surface area contributed by atoms with Crippen LogP contribution in [0.1, 0.15) is 113 Å². The van der Waals surface area contributed by atoms with Gasteiger partial charge in [-0.25, -0.2) is 0 Å². The Morgan fingerprint density at radius 1 is 0.631 bits per heavy atom. The maximum absolute atomic E-state index is 12.4. The molecule has 0 radical (unpaired) electrons. The highest BCUT2D eigenvalue weighted by Crippen LogP contribution is 2.76. The summed E-state index contributed by atoms with van der Waals surface area (Å²) in [6.45, 7) is 15.1. The van der Waals surface area contributed by atoms with E-state index in [1.807, 2.05) is 0 Å². The Balaban J connectivity index is 1.04. The molecule has 376 valence electrons. The SMILES string of the molecule is CC1OC(OC2C(OC3CCC4(C)C(CCC5(C)C4CC(O)C4C(C6(O)CCC(C(C)(C)O)C6O)CCC45C)C3(C)C)OCC(O)C2OC2OC(CO)C(O)C(O)C2O)C(O)C(O)C1O. The van der Waals surface area contributed by atoms with Crippen LogP contribution in [0, 0.1) is 51.2 Å². The van der Waals surface area contributed by atoms with Crippen LogP contribution in [0.25, 0.3) is 0 Å². The molecule has 8 fully saturated rings. The van der Waals surface area contributed by atoms with Crippen molar-refractivity contribution in [1.82, 2.24) is 0 Å². The number of hydrogen-bond donors (Lipinski definition) is 12. The van der Waals surface area contributed by atoms with Gasteiger partial charge in [0, 0.05) is 5.92 Å². The van der Waals surface area contributed by atoms with Crippen LogP contribution in [0.3, 0.4) is 0 Å². The number of rotatable bonds is 9. The molecule has 0 amide bonds. The molecule has 18 heteroatoms. The fraction of sp³-hybridized carbons (Fsp3) is 1.00. The fourth-order valence-electron chi connectivity index (χ4n) is 15.7. The van der Waals surface area contributed by atoms with Gasteiger partial charge in [-0.15, -0.1) is 0 Å². The van der Waals surface area contributed by atoms with Crippen LogP contribution in [0.2, 0.25) is 0 Å². The lowest BCUT2D eigenvalue weighted by Crippen LogP contribution is -2.68. The molecule has 5 aliphatic carbocycles. The Kier molecular flexibility index (Phi) is 13.7. The van der Waals surface area contributed by atoms with Gasteiger partial charge in [0.05, 0.1) is 48.8 Å². The first-order valence-electron chi connectivity index (χ1n) is 24.2. The number of aliphatic hydroxyl groups excluding tert-OH is 10. The summed E-state index contributed by atoms with van der Waals surface area (Å²) >= 11 is 0. The van der Waals surface area contributed by atoms with E-state index in [2.05, 4.69) is 34.6 Å². The van der Waals surface area contributed by atoms with Crippen molar-refractivity contribution in [3.8, 4) is 0 Å². The minimum Gasteiger partial charge on any atom is -0.394 e. The molecular weight excluding hydrogens is 852 g/mol. The molecular formula is C47H80O18. The lowest BCUT2D eigenvalue weighted by atomic mass is 9.35. The zero-order valence-corrected chi connectivity index (χ0v) is 39.3. The molecule has 0 spiro atoms. The Hall–Kier alpha value is -0.720. The van der Waals surface area contributed by atoms with E-state index >= 15 is 0 Å². The van der Waals surface area contributed by atoms with Gasteiger partial charge in [0.25, 0.3) is 0 Å². The normalized spacial score (nSPS) is 57.0. The molecule has 3 aliphatic heterocycles. The van der Waals surface area contributed by atoms with Gasteiger partial charge in [-0.2, -0.15) is 0 Å². The van der Waals surface area contributed by atoms with Crippen molar-refractivity contribution in [2.24, 2.45) is 51.2 Å². The Morgan fingerprint density at radius 3 is 1.88 bits per heavy atom. The zero-order chi connectivity index (χ0) is 47.7. The van der Waals surface area contributed by atoms with Crippen LogP contribution < -0.4 is 0 Å². The maximum atomic E-state index is 12.4. The monoisotopic (exact) mass is 933 g/mol. The van der Waals surface area contributed by atoms with Gasteiger partial charge in [-0.1, -0.05) is 34.6 Å². The van der Waals surface area contributed by atoms with E-state index in [1.54, 1.807) is 13.8 Å². The molecule has 3 heterocycles. The summed E-state index contributed by atoms with van der Waals surface area (Å²) in [5.41, 5.74) is -3.87. The van der Waals surface area contributed by atoms with Crippen molar-refractivity contribution in [2.45, 2.75) is 229 Å². The minimum atomic E-state index is -1.82. The topological polar surface area (TPSA) is 298 Å². The summed E-state index contributed by atoms with van der Waals surface area (Å²) in [5, 5.41) is 133. The summed E-state index contributed by atoms with van der Waals surface area (Å²) in [5.74, 6) is -0.811. The van der Waals surface area contributed by atoms with E-state index < -0.39 is 133 Å². The second-order valence-electron chi connectivity index (χ2n) is 23.5. The second kappa shape index (κ2) is 17.5. The third kappa shape index (κ3) is 7.91. The molecule has 0 aromatic carbocycles. The summed E-state index contributed by atoms with van der Waals surface area (Å²) < 4.78 is 37.0. The molecule has 0 aromatic heterocycles. The third-order valence-electron chi connectivity index (χ3n) is 19.6. The first-order valence-corrected chi connectivity index (χ1v) is 24.2. The van der Waals surface area contributed by atoms with Crippen molar-refractivity contribution >= 4 is 0 Å². The summed E-state index contributed by atoms with van der Waals surface area (Å²) in [7, 11) is 0. The van der Waals surface area contributed by atoms with Crippen molar-refractivity contribution in [2.75, 3.05) is 13.2 Å². The van der Waals surface area contributed by atoms with E-state index in [0.29, 0.717) is 32.1 Å². The number of fused-ring (bicyclic) bond motifs is 5. The van der Waals surface area contributed by atoms with Gasteiger partial charge in [0.15, 0.2) is 18.9 Å². The standard InChI is InChI=1S/C47H80O18/c1-20-30(51)32(53)34(55)39(61-20)65-37-36(64-40-35(56)33(54)31(52)25(18-48)62-40)24(50)19-60-41(37)63-28-12-13-44(6)26(42(28,2)3)11-15-45(7)27(44)17-23(49)29-21(9-14-46(29,45)8)47(59)16-10-22(38(47)57)43(4,5)58/h20-41,48-59H,9-19H2,1-8H3. The summed E-state index contributed by atoms with van der Waals surface area (Å²) in [6.07, 6.45) is -17.7. The lowest BCUT2D eigenvalue weighted by molar-refractivity contribution is -0.388. The molecule has 5 saturated carbocycles. The van der Waals surface area contributed by atoms with Crippen molar-refractivity contribution in [1.29, 1.82) is 0 Å². The smallest absolute Gasteiger partial charge is 0.187 e. The predicted octanol–water partition coefficient (Wildman–Crippen LogP) is -0.585. The third-order valence-corrected chi connectivity index (χ3v) is 19.6. The number of aliphatic hydroxyl groups is 12. The minimum absolute atomic E-state index is 0.0976. The van der Waals surface area contributed by atoms with Crippen LogP contribution in [0.5, 0.6) is 0 Å². The van der Waals surface area contributed by atoms with Crippen molar-refractivity contribution in [3.63, 3.8) is 0 Å². The molecule has 0 aromatic rings. The largest absolute Gasteiger partial charge is 0.394 e. The Labute approximate surface area is 382 Å². The van der Waals surface area contributed by atoms with Crippen molar-refractivity contribution in [3.05, 3.63) is 0 Å². The number of hydrogen-bond acceptors (Lipinski definition) is 18. The molecule has 8 rings (SSSR count). The van der Waals surface area contributed by atoms with E-state index in [1.165, 1.54) is 6.92 Å². The predicted molar refractivity (Wildman–Crippen MR) is 227 cm³/mol. The molecule has 18 nitrogen and oxygen atoms in total. The van der Waals surface area contributed by atoms with Crippen LogP contribution in [0.15, 0.2) is 0 Å². The molecule has 65 heavy (non-hydrogen) atoms. The van der Waals surface area contributed by atoms with E-state index in [0.717, 1.165) is 25.7 Å². The van der Waals surface area contributed by atoms with E-state index in [9.17, 15) is 61.3 Å². The summed E-state index contributed by atoms with van der Waals surface area (Å²) in [6, 6.07) is 0. The molecule has 0 bridgehead atoms. The maximum Gasteiger partial charge on any atom is 0.187 e. The second-order valence-corrected chi connectivity index (χ2v) is 23.5. The fourth-order valence-corrected chi connectivity index (χ4v) is 15.7. The highest BCUT2D eigenvalue weighted by molar-refractivity contribution is 5.22. The molecule has 26 unspecified atom stereocenters. The van der Waals surface area contributed by atoms with E-state index in [-0.39, 0.29) is 46.5 Å². The Morgan fingerprint density at radius 2 is 1.25 bits per heavy atom. The molecule has 12 N–H and O–H groups in total. The highest BCUT2D eigenvalue weighted by atomic mass is 16.8. The van der Waals surface area contributed by atoms with Crippen LogP contribution in [-0.2, 0) is 28.4 Å². The van der Waals surface area contributed by atoms with Gasteiger partial charge >= 0.3 is 0 Å². The number of ether oxygens (including phenoxy) is 6. The molecule has 8 aliphatic rings. The summed E-state index contributed by atoms with van der Waals surface area (Å²) in [4.78, 5) is 0. The van der Waals surface area contributed by atoms with Gasteiger partial charge < -0.3 is 89.7 Å². The zero-order valence-electron chi connectivity index (χ0n) is 39.3. The highest BCUT2D eigenvalue weighted by Gasteiger charge is 2.73. The Bertz CT molecular complexity index is 1680. The van der Waals surface area contributed by atoms with Gasteiger partial charge in [0.2, 0.25) is 0 Å². The van der Waals surface area contributed by atoms with Gasteiger partial charge in [-0.05, 0) is 124 Å². The first-order chi connectivity index (χ1) is 30.2. The van der Waals surface area contributed by atoms with Crippen LogP contribution >= 0.6 is 0 Å². The van der Waals surface area contributed by atoms with Crippen LogP contribution in [-0.4, -0.2) is 190 Å². The average molecular weight is 933 g/mol. The average Bonchev–Trinajstić information content (AvgIpc) is 3.77. The van der Waals surface area contributed by atoms with Gasteiger partial charge in [0.1, 0.15) is 61.0 Å². The first kappa shape index (κ1) is 50.7. The molecule has 26 atom stereocenters. The van der Waals surface area contributed by atoms with E-state index in [4.69, 9.17) is 28.4 Å². The lowest BCUT2D eigenvalue weighted by Gasteiger charge is -2.71. The quantitative estimate of drug-likeness (QED) is 0.129. The van der Waals surface area contributed by atoms with Crippen LogP contribution in [0.4, 0.5) is 0 Å². The molecule has 3 saturated heterocycles.